The van der Waals surface area contributed by atoms with Crippen LogP contribution in [0, 0.1) is 5.92 Å². The quantitative estimate of drug-likeness (QED) is 0.498. The second-order valence-corrected chi connectivity index (χ2v) is 5.67. The Hall–Kier alpha value is -0.890. The van der Waals surface area contributed by atoms with Crippen molar-refractivity contribution in [2.75, 3.05) is 0 Å². The second kappa shape index (κ2) is 7.52. The first-order valence-electron chi connectivity index (χ1n) is 6.76. The van der Waals surface area contributed by atoms with Crippen LogP contribution in [0.4, 0.5) is 0 Å². The third kappa shape index (κ3) is 7.44. The van der Waals surface area contributed by atoms with Gasteiger partial charge in [-0.3, -0.25) is 4.79 Å². The number of hydrogen-bond acceptors (Lipinski definition) is 2. The summed E-state index contributed by atoms with van der Waals surface area (Å²) in [6.45, 7) is 14.3. The van der Waals surface area contributed by atoms with Gasteiger partial charge in [-0.1, -0.05) is 26.8 Å². The Bertz CT molecular complexity index is 322. The molecule has 0 bridgehead atoms. The van der Waals surface area contributed by atoms with Gasteiger partial charge in [0.1, 0.15) is 0 Å². The van der Waals surface area contributed by atoms with E-state index in [4.69, 9.17) is 4.74 Å². The zero-order chi connectivity index (χ0) is 14.3. The monoisotopic (exact) mass is 252 g/mol. The zero-order valence-electron chi connectivity index (χ0n) is 12.9. The molecule has 2 heteroatoms. The van der Waals surface area contributed by atoms with E-state index in [0.29, 0.717) is 12.3 Å². The molecular weight excluding hydrogens is 224 g/mol. The van der Waals surface area contributed by atoms with Crippen molar-refractivity contribution in [2.24, 2.45) is 5.92 Å². The van der Waals surface area contributed by atoms with E-state index in [1.165, 1.54) is 5.57 Å². The van der Waals surface area contributed by atoms with Gasteiger partial charge < -0.3 is 4.74 Å². The van der Waals surface area contributed by atoms with Crippen LogP contribution in [0.1, 0.15) is 54.9 Å². The first-order chi connectivity index (χ1) is 8.18. The van der Waals surface area contributed by atoms with Crippen molar-refractivity contribution in [1.82, 2.24) is 0 Å². The molecule has 0 fully saturated rings. The number of ketones is 1. The first kappa shape index (κ1) is 17.1. The van der Waals surface area contributed by atoms with Gasteiger partial charge in [-0.05, 0) is 51.3 Å². The fourth-order valence-electron chi connectivity index (χ4n) is 1.66. The summed E-state index contributed by atoms with van der Waals surface area (Å²) in [7, 11) is 0. The third-order valence-electron chi connectivity index (χ3n) is 2.74. The molecule has 0 saturated heterocycles. The maximum absolute atomic E-state index is 11.3. The summed E-state index contributed by atoms with van der Waals surface area (Å²) in [5, 5.41) is 0. The van der Waals surface area contributed by atoms with E-state index in [2.05, 4.69) is 26.8 Å². The van der Waals surface area contributed by atoms with E-state index in [1.807, 2.05) is 33.8 Å². The van der Waals surface area contributed by atoms with E-state index in [1.54, 1.807) is 6.08 Å². The predicted molar refractivity (Wildman–Crippen MR) is 77.7 cm³/mol. The average Bonchev–Trinajstić information content (AvgIpc) is 2.24. The molecule has 1 atom stereocenters. The molecule has 0 aliphatic carbocycles. The van der Waals surface area contributed by atoms with Gasteiger partial charge in [0.05, 0.1) is 11.7 Å². The standard InChI is InChI=1S/C16H28O2/c1-8-15(17)9-10-16(6,7)18-14(5)13(4)11-12(2)3/h9-12,14H,8H2,1-7H3/b10-9+,13-11+. The van der Waals surface area contributed by atoms with Crippen molar-refractivity contribution < 1.29 is 9.53 Å². The Morgan fingerprint density at radius 2 is 1.83 bits per heavy atom. The average molecular weight is 252 g/mol. The van der Waals surface area contributed by atoms with E-state index in [9.17, 15) is 4.79 Å². The molecule has 0 aromatic heterocycles. The molecule has 0 N–H and O–H groups in total. The van der Waals surface area contributed by atoms with Crippen LogP contribution in [-0.4, -0.2) is 17.5 Å². The normalized spacial score (nSPS) is 15.4. The van der Waals surface area contributed by atoms with Crippen molar-refractivity contribution in [1.29, 1.82) is 0 Å². The SMILES string of the molecule is CCC(=O)/C=C/C(C)(C)OC(C)/C(C)=C/C(C)C. The number of ether oxygens (including phenoxy) is 1. The van der Waals surface area contributed by atoms with Gasteiger partial charge in [0.25, 0.3) is 0 Å². The molecule has 1 unspecified atom stereocenters. The number of hydrogen-bond donors (Lipinski definition) is 0. The van der Waals surface area contributed by atoms with Crippen LogP contribution >= 0.6 is 0 Å². The van der Waals surface area contributed by atoms with E-state index in [0.717, 1.165) is 0 Å². The van der Waals surface area contributed by atoms with Gasteiger partial charge in [0.2, 0.25) is 0 Å². The molecule has 0 aliphatic rings. The summed E-state index contributed by atoms with van der Waals surface area (Å²) in [5.41, 5.74) is 0.810. The summed E-state index contributed by atoms with van der Waals surface area (Å²) in [5.74, 6) is 0.658. The van der Waals surface area contributed by atoms with Crippen LogP contribution in [0.2, 0.25) is 0 Å². The van der Waals surface area contributed by atoms with E-state index in [-0.39, 0.29) is 11.9 Å². The summed E-state index contributed by atoms with van der Waals surface area (Å²) < 4.78 is 5.99. The molecule has 0 spiro atoms. The Morgan fingerprint density at radius 3 is 2.28 bits per heavy atom. The van der Waals surface area contributed by atoms with Gasteiger partial charge in [0, 0.05) is 6.42 Å². The summed E-state index contributed by atoms with van der Waals surface area (Å²) in [4.78, 5) is 11.3. The maximum atomic E-state index is 11.3. The second-order valence-electron chi connectivity index (χ2n) is 5.67. The minimum atomic E-state index is -0.420. The smallest absolute Gasteiger partial charge is 0.155 e. The highest BCUT2D eigenvalue weighted by atomic mass is 16.5. The maximum Gasteiger partial charge on any atom is 0.155 e. The molecule has 0 heterocycles. The molecule has 0 saturated carbocycles. The molecule has 0 aliphatic heterocycles. The Kier molecular flexibility index (Phi) is 7.15. The van der Waals surface area contributed by atoms with Crippen LogP contribution in [0.25, 0.3) is 0 Å². The molecular formula is C16H28O2. The lowest BCUT2D eigenvalue weighted by molar-refractivity contribution is -0.114. The highest BCUT2D eigenvalue weighted by Gasteiger charge is 2.19. The van der Waals surface area contributed by atoms with Crippen LogP contribution < -0.4 is 0 Å². The van der Waals surface area contributed by atoms with Gasteiger partial charge >= 0.3 is 0 Å². The fourth-order valence-corrected chi connectivity index (χ4v) is 1.66. The van der Waals surface area contributed by atoms with E-state index < -0.39 is 5.60 Å². The molecule has 18 heavy (non-hydrogen) atoms. The number of carbonyl (C=O) groups excluding carboxylic acids is 1. The number of rotatable bonds is 7. The van der Waals surface area contributed by atoms with Crippen LogP contribution in [0.5, 0.6) is 0 Å². The number of carbonyl (C=O) groups is 1. The largest absolute Gasteiger partial charge is 0.364 e. The molecule has 0 aromatic carbocycles. The third-order valence-corrected chi connectivity index (χ3v) is 2.74. The minimum Gasteiger partial charge on any atom is -0.364 e. The topological polar surface area (TPSA) is 26.3 Å². The summed E-state index contributed by atoms with van der Waals surface area (Å²) >= 11 is 0. The molecule has 2 nitrogen and oxygen atoms in total. The van der Waals surface area contributed by atoms with Crippen molar-refractivity contribution >= 4 is 5.78 Å². The molecule has 0 aromatic rings. The van der Waals surface area contributed by atoms with Gasteiger partial charge in [0.15, 0.2) is 5.78 Å². The summed E-state index contributed by atoms with van der Waals surface area (Å²) in [6, 6.07) is 0. The van der Waals surface area contributed by atoms with Crippen molar-refractivity contribution in [2.45, 2.75) is 66.6 Å². The van der Waals surface area contributed by atoms with Crippen LogP contribution in [-0.2, 0) is 9.53 Å². The Balaban J connectivity index is 4.57. The van der Waals surface area contributed by atoms with Crippen LogP contribution in [0.15, 0.2) is 23.8 Å². The lowest BCUT2D eigenvalue weighted by atomic mass is 10.0. The molecule has 104 valence electrons. The Labute approximate surface area is 112 Å². The molecule has 0 amide bonds. The van der Waals surface area contributed by atoms with Crippen LogP contribution in [0.3, 0.4) is 0 Å². The van der Waals surface area contributed by atoms with Gasteiger partial charge in [-0.15, -0.1) is 0 Å². The molecule has 0 rings (SSSR count). The van der Waals surface area contributed by atoms with Crippen molar-refractivity contribution in [3.63, 3.8) is 0 Å². The summed E-state index contributed by atoms with van der Waals surface area (Å²) in [6.07, 6.45) is 6.27. The van der Waals surface area contributed by atoms with Crippen molar-refractivity contribution in [3.05, 3.63) is 23.8 Å². The molecule has 0 radical (unpaired) electrons. The lowest BCUT2D eigenvalue weighted by Crippen LogP contribution is -2.28. The Morgan fingerprint density at radius 1 is 1.28 bits per heavy atom. The van der Waals surface area contributed by atoms with Gasteiger partial charge in [-0.25, -0.2) is 0 Å². The van der Waals surface area contributed by atoms with Crippen molar-refractivity contribution in [3.8, 4) is 0 Å². The fraction of sp³-hybridized carbons (Fsp3) is 0.688. The highest BCUT2D eigenvalue weighted by Crippen LogP contribution is 2.19. The highest BCUT2D eigenvalue weighted by molar-refractivity contribution is 5.89. The predicted octanol–water partition coefficient (Wildman–Crippen LogP) is 4.31. The minimum absolute atomic E-state index is 0.0591. The van der Waals surface area contributed by atoms with Gasteiger partial charge in [-0.2, -0.15) is 0 Å². The van der Waals surface area contributed by atoms with E-state index >= 15 is 0 Å². The zero-order valence-corrected chi connectivity index (χ0v) is 12.9. The first-order valence-corrected chi connectivity index (χ1v) is 6.76. The number of allylic oxidation sites excluding steroid dienone is 2. The lowest BCUT2D eigenvalue weighted by Gasteiger charge is -2.27.